The van der Waals surface area contributed by atoms with Crippen LogP contribution in [-0.4, -0.2) is 45.4 Å². The number of rotatable bonds is 6. The number of benzene rings is 2. The van der Waals surface area contributed by atoms with Gasteiger partial charge in [0.15, 0.2) is 0 Å². The number of fused-ring (bicyclic) bond motifs is 4. The molecule has 2 aromatic carbocycles. The third kappa shape index (κ3) is 3.66. The lowest BCUT2D eigenvalue weighted by Gasteiger charge is -2.51. The van der Waals surface area contributed by atoms with Crippen molar-refractivity contribution in [2.45, 2.75) is 36.7 Å². The fraction of sp³-hybridized carbons (Fsp3) is 0.321. The number of halogens is 1. The summed E-state index contributed by atoms with van der Waals surface area (Å²) in [6.45, 7) is 0.421. The standard InChI is InChI=1S/C28H26FN5O4/c1-36-21-3-2-4-22(19(21)14-30)38-17-5-6-18(20(29)13-17)23-24-25(31)32-11-12-34(24)26(33-23)27-7-9-28(15-35,10-8-27)37-16-27/h2-6,11-13,35H,7-10,15-16H2,1H3,(H2,31,32). The molecule has 2 aromatic heterocycles. The third-order valence-electron chi connectivity index (χ3n) is 7.86. The highest BCUT2D eigenvalue weighted by Gasteiger charge is 2.52. The van der Waals surface area contributed by atoms with Gasteiger partial charge in [-0.05, 0) is 49.9 Å². The molecule has 4 aromatic rings. The Balaban J connectivity index is 1.40. The summed E-state index contributed by atoms with van der Waals surface area (Å²) in [5, 5.41) is 19.4. The van der Waals surface area contributed by atoms with Crippen LogP contribution < -0.4 is 15.2 Å². The lowest BCUT2D eigenvalue weighted by Crippen LogP contribution is -2.55. The first-order valence-corrected chi connectivity index (χ1v) is 12.4. The minimum atomic E-state index is -0.556. The lowest BCUT2D eigenvalue weighted by molar-refractivity contribution is -0.177. The van der Waals surface area contributed by atoms with Crippen LogP contribution in [0.5, 0.6) is 17.2 Å². The van der Waals surface area contributed by atoms with Gasteiger partial charge in [-0.2, -0.15) is 5.26 Å². The van der Waals surface area contributed by atoms with Crippen LogP contribution in [0, 0.1) is 17.1 Å². The van der Waals surface area contributed by atoms with Gasteiger partial charge >= 0.3 is 0 Å². The number of aromatic nitrogens is 3. The van der Waals surface area contributed by atoms with Gasteiger partial charge in [0.2, 0.25) is 0 Å². The number of nitrogens with zero attached hydrogens (tertiary/aromatic N) is 4. The number of ether oxygens (including phenoxy) is 3. The van der Waals surface area contributed by atoms with E-state index in [9.17, 15) is 10.4 Å². The zero-order chi connectivity index (χ0) is 26.5. The molecule has 7 rings (SSSR count). The normalized spacial score (nSPS) is 22.4. The van der Waals surface area contributed by atoms with Crippen molar-refractivity contribution < 1.29 is 23.7 Å². The number of anilines is 1. The topological polar surface area (TPSA) is 128 Å². The largest absolute Gasteiger partial charge is 0.495 e. The Labute approximate surface area is 218 Å². The predicted octanol–water partition coefficient (Wildman–Crippen LogP) is 4.36. The molecule has 3 N–H and O–H groups in total. The average molecular weight is 516 g/mol. The van der Waals surface area contributed by atoms with Crippen molar-refractivity contribution in [3.63, 3.8) is 0 Å². The predicted molar refractivity (Wildman–Crippen MR) is 136 cm³/mol. The first kappa shape index (κ1) is 24.2. The van der Waals surface area contributed by atoms with Crippen molar-refractivity contribution in [1.29, 1.82) is 5.26 Å². The van der Waals surface area contributed by atoms with Gasteiger partial charge in [-0.3, -0.25) is 4.40 Å². The van der Waals surface area contributed by atoms with E-state index in [2.05, 4.69) is 11.1 Å². The Hall–Kier alpha value is -4.20. The zero-order valence-electron chi connectivity index (χ0n) is 20.8. The van der Waals surface area contributed by atoms with E-state index < -0.39 is 11.4 Å². The van der Waals surface area contributed by atoms with E-state index in [0.29, 0.717) is 23.6 Å². The molecule has 2 bridgehead atoms. The Morgan fingerprint density at radius 2 is 2.00 bits per heavy atom. The smallest absolute Gasteiger partial charge is 0.150 e. The molecule has 0 unspecified atom stereocenters. The van der Waals surface area contributed by atoms with E-state index in [1.165, 1.54) is 13.2 Å². The number of methoxy groups -OCH3 is 1. The molecule has 0 atom stereocenters. The minimum Gasteiger partial charge on any atom is -0.495 e. The molecule has 9 nitrogen and oxygen atoms in total. The van der Waals surface area contributed by atoms with Crippen LogP contribution in [0.2, 0.25) is 0 Å². The highest BCUT2D eigenvalue weighted by molar-refractivity contribution is 5.86. The lowest BCUT2D eigenvalue weighted by atomic mass is 9.66. The summed E-state index contributed by atoms with van der Waals surface area (Å²) in [7, 11) is 1.47. The number of nitriles is 1. The molecule has 0 amide bonds. The van der Waals surface area contributed by atoms with Crippen molar-refractivity contribution in [3.8, 4) is 34.6 Å². The maximum absolute atomic E-state index is 15.6. The second-order valence-corrected chi connectivity index (χ2v) is 9.91. The fourth-order valence-corrected chi connectivity index (χ4v) is 5.64. The molecule has 3 fully saturated rings. The SMILES string of the molecule is COc1cccc(Oc2ccc(-c3nc(C45CCC(CO)(CC4)OC5)n4ccnc(N)c34)c(F)c2)c1C#N. The minimum absolute atomic E-state index is 0.00121. The summed E-state index contributed by atoms with van der Waals surface area (Å²) in [6, 6.07) is 11.5. The number of nitrogens with two attached hydrogens (primary N) is 1. The zero-order valence-corrected chi connectivity index (χ0v) is 20.8. The molecule has 0 radical (unpaired) electrons. The molecule has 0 spiro atoms. The van der Waals surface area contributed by atoms with Crippen LogP contribution in [-0.2, 0) is 10.2 Å². The maximum atomic E-state index is 15.6. The summed E-state index contributed by atoms with van der Waals surface area (Å²) in [5.74, 6) is 1.28. The van der Waals surface area contributed by atoms with E-state index in [-0.39, 0.29) is 40.5 Å². The van der Waals surface area contributed by atoms with Gasteiger partial charge in [-0.15, -0.1) is 0 Å². The van der Waals surface area contributed by atoms with Gasteiger partial charge in [0.1, 0.15) is 57.6 Å². The molecule has 38 heavy (non-hydrogen) atoms. The van der Waals surface area contributed by atoms with E-state index in [0.717, 1.165) is 31.5 Å². The highest BCUT2D eigenvalue weighted by atomic mass is 19.1. The molecule has 1 aliphatic carbocycles. The Kier molecular flexibility index (Phi) is 5.70. The molecule has 2 saturated heterocycles. The first-order valence-electron chi connectivity index (χ1n) is 12.4. The summed E-state index contributed by atoms with van der Waals surface area (Å²) in [6.07, 6.45) is 6.44. The summed E-state index contributed by atoms with van der Waals surface area (Å²) >= 11 is 0. The molecule has 10 heteroatoms. The van der Waals surface area contributed by atoms with Crippen LogP contribution in [0.25, 0.3) is 16.8 Å². The molecular formula is C28H26FN5O4. The average Bonchev–Trinajstić information content (AvgIpc) is 3.35. The van der Waals surface area contributed by atoms with Crippen LogP contribution >= 0.6 is 0 Å². The van der Waals surface area contributed by atoms with Crippen molar-refractivity contribution >= 4 is 11.3 Å². The Morgan fingerprint density at radius 3 is 2.66 bits per heavy atom. The van der Waals surface area contributed by atoms with Crippen molar-refractivity contribution in [2.75, 3.05) is 26.1 Å². The summed E-state index contributed by atoms with van der Waals surface area (Å²) in [4.78, 5) is 9.18. The van der Waals surface area contributed by atoms with Crippen LogP contribution in [0.15, 0.2) is 48.8 Å². The fourth-order valence-electron chi connectivity index (χ4n) is 5.64. The monoisotopic (exact) mass is 515 g/mol. The van der Waals surface area contributed by atoms with Crippen LogP contribution in [0.3, 0.4) is 0 Å². The summed E-state index contributed by atoms with van der Waals surface area (Å²) < 4.78 is 34.7. The van der Waals surface area contributed by atoms with E-state index >= 15 is 4.39 Å². The van der Waals surface area contributed by atoms with Gasteiger partial charge in [0.05, 0.1) is 31.3 Å². The van der Waals surface area contributed by atoms with Crippen molar-refractivity contribution in [1.82, 2.24) is 14.4 Å². The van der Waals surface area contributed by atoms with Crippen LogP contribution in [0.1, 0.15) is 37.1 Å². The van der Waals surface area contributed by atoms with Gasteiger partial charge in [0.25, 0.3) is 0 Å². The van der Waals surface area contributed by atoms with Gasteiger partial charge < -0.3 is 25.1 Å². The number of hydrogen-bond acceptors (Lipinski definition) is 8. The first-order chi connectivity index (χ1) is 18.4. The van der Waals surface area contributed by atoms with Gasteiger partial charge in [-0.1, -0.05) is 6.07 Å². The molecule has 3 aliphatic rings. The number of aliphatic hydroxyl groups excluding tert-OH is 1. The second-order valence-electron chi connectivity index (χ2n) is 9.91. The van der Waals surface area contributed by atoms with Crippen LogP contribution in [0.4, 0.5) is 10.2 Å². The molecule has 2 aliphatic heterocycles. The number of nitrogen functional groups attached to an aromatic ring is 1. The quantitative estimate of drug-likeness (QED) is 0.388. The number of imidazole rings is 1. The second kappa shape index (κ2) is 8.97. The number of aliphatic hydroxyl groups is 1. The summed E-state index contributed by atoms with van der Waals surface area (Å²) in [5.41, 5.74) is 6.81. The van der Waals surface area contributed by atoms with E-state index in [1.807, 2.05) is 4.40 Å². The Bertz CT molecular complexity index is 1570. The Morgan fingerprint density at radius 1 is 1.21 bits per heavy atom. The molecule has 4 heterocycles. The third-order valence-corrected chi connectivity index (χ3v) is 7.86. The molecule has 194 valence electrons. The van der Waals surface area contributed by atoms with E-state index in [1.54, 1.807) is 42.7 Å². The van der Waals surface area contributed by atoms with Crippen molar-refractivity contribution in [2.24, 2.45) is 0 Å². The highest BCUT2D eigenvalue weighted by Crippen LogP contribution is 2.50. The number of hydrogen-bond donors (Lipinski definition) is 2. The van der Waals surface area contributed by atoms with Gasteiger partial charge in [-0.25, -0.2) is 14.4 Å². The van der Waals surface area contributed by atoms with E-state index in [4.69, 9.17) is 24.9 Å². The maximum Gasteiger partial charge on any atom is 0.150 e. The van der Waals surface area contributed by atoms with Crippen molar-refractivity contribution in [3.05, 3.63) is 66.0 Å². The van der Waals surface area contributed by atoms with Gasteiger partial charge in [0, 0.05) is 24.0 Å². The molecular weight excluding hydrogens is 489 g/mol. The molecule has 1 saturated carbocycles.